The molecular formula is C20H18N2O3S. The zero-order chi connectivity index (χ0) is 18.8. The van der Waals surface area contributed by atoms with Gasteiger partial charge in [0.05, 0.1) is 11.3 Å². The van der Waals surface area contributed by atoms with E-state index in [1.807, 2.05) is 32.9 Å². The van der Waals surface area contributed by atoms with Crippen LogP contribution in [-0.2, 0) is 0 Å². The molecule has 0 aliphatic carbocycles. The third-order valence-corrected chi connectivity index (χ3v) is 4.92. The normalized spacial score (nSPS) is 10.9. The summed E-state index contributed by atoms with van der Waals surface area (Å²) < 4.78 is 0. The van der Waals surface area contributed by atoms with Gasteiger partial charge in [0.15, 0.2) is 16.6 Å². The first-order valence-corrected chi connectivity index (χ1v) is 9.09. The van der Waals surface area contributed by atoms with Gasteiger partial charge in [-0.25, -0.2) is 14.8 Å². The number of carboxylic acids is 1. The van der Waals surface area contributed by atoms with Crippen LogP contribution in [0.15, 0.2) is 41.6 Å². The van der Waals surface area contributed by atoms with Gasteiger partial charge < -0.3 is 5.11 Å². The van der Waals surface area contributed by atoms with Gasteiger partial charge >= 0.3 is 5.97 Å². The maximum atomic E-state index is 12.7. The standard InChI is InChI=1S/C20H18N2O3S/c1-11-8-12(2)17(13(3)9-11)16(23)10-26-20-21-15-7-5-4-6-14(15)18(22-20)19(24)25/h4-9H,10H2,1-3H3,(H,24,25). The molecule has 0 atom stereocenters. The van der Waals surface area contributed by atoms with Crippen LogP contribution < -0.4 is 0 Å². The molecule has 0 radical (unpaired) electrons. The van der Waals surface area contributed by atoms with E-state index in [0.717, 1.165) is 28.5 Å². The molecule has 1 heterocycles. The molecule has 5 nitrogen and oxygen atoms in total. The highest BCUT2D eigenvalue weighted by atomic mass is 32.2. The maximum Gasteiger partial charge on any atom is 0.355 e. The Hall–Kier alpha value is -2.73. The molecule has 0 unspecified atom stereocenters. The third kappa shape index (κ3) is 3.60. The lowest BCUT2D eigenvalue weighted by Gasteiger charge is -2.10. The molecule has 0 fully saturated rings. The van der Waals surface area contributed by atoms with E-state index in [1.54, 1.807) is 24.3 Å². The number of para-hydroxylation sites is 1. The number of thioether (sulfide) groups is 1. The molecule has 0 saturated carbocycles. The molecule has 26 heavy (non-hydrogen) atoms. The summed E-state index contributed by atoms with van der Waals surface area (Å²) in [5.74, 6) is -0.970. The van der Waals surface area contributed by atoms with E-state index in [2.05, 4.69) is 9.97 Å². The molecule has 0 amide bonds. The summed E-state index contributed by atoms with van der Waals surface area (Å²) in [6.07, 6.45) is 0. The molecule has 6 heteroatoms. The van der Waals surface area contributed by atoms with E-state index in [-0.39, 0.29) is 22.4 Å². The van der Waals surface area contributed by atoms with Gasteiger partial charge in [-0.3, -0.25) is 4.79 Å². The SMILES string of the molecule is Cc1cc(C)c(C(=O)CSc2nc(C(=O)O)c3ccccc3n2)c(C)c1. The number of carbonyl (C=O) groups is 2. The molecule has 2 aromatic carbocycles. The summed E-state index contributed by atoms with van der Waals surface area (Å²) in [5.41, 5.74) is 4.22. The third-order valence-electron chi connectivity index (χ3n) is 4.07. The van der Waals surface area contributed by atoms with Crippen molar-refractivity contribution < 1.29 is 14.7 Å². The molecule has 1 N–H and O–H groups in total. The van der Waals surface area contributed by atoms with Gasteiger partial charge in [0.2, 0.25) is 0 Å². The number of ketones is 1. The number of benzene rings is 2. The van der Waals surface area contributed by atoms with Gasteiger partial charge in [0, 0.05) is 10.9 Å². The smallest absolute Gasteiger partial charge is 0.355 e. The fourth-order valence-corrected chi connectivity index (χ4v) is 3.83. The van der Waals surface area contributed by atoms with Crippen LogP contribution in [0.3, 0.4) is 0 Å². The van der Waals surface area contributed by atoms with E-state index in [9.17, 15) is 14.7 Å². The summed E-state index contributed by atoms with van der Waals surface area (Å²) in [6, 6.07) is 10.9. The topological polar surface area (TPSA) is 80.2 Å². The van der Waals surface area contributed by atoms with E-state index >= 15 is 0 Å². The monoisotopic (exact) mass is 366 g/mol. The minimum absolute atomic E-state index is 0.0152. The average Bonchev–Trinajstić information content (AvgIpc) is 2.58. The Kier molecular flexibility index (Phi) is 5.04. The van der Waals surface area contributed by atoms with Gasteiger partial charge in [0.25, 0.3) is 0 Å². The number of hydrogen-bond donors (Lipinski definition) is 1. The molecule has 3 rings (SSSR count). The van der Waals surface area contributed by atoms with Crippen molar-refractivity contribution in [1.82, 2.24) is 9.97 Å². The second kappa shape index (κ2) is 7.25. The van der Waals surface area contributed by atoms with Gasteiger partial charge in [-0.15, -0.1) is 0 Å². The first kappa shape index (κ1) is 18.1. The fraction of sp³-hybridized carbons (Fsp3) is 0.200. The number of rotatable bonds is 5. The molecular weight excluding hydrogens is 348 g/mol. The Bertz CT molecular complexity index is 1010. The van der Waals surface area contributed by atoms with Gasteiger partial charge in [-0.1, -0.05) is 47.7 Å². The zero-order valence-electron chi connectivity index (χ0n) is 14.7. The molecule has 0 saturated heterocycles. The quantitative estimate of drug-likeness (QED) is 0.413. The van der Waals surface area contributed by atoms with Gasteiger partial charge in [-0.2, -0.15) is 0 Å². The highest BCUT2D eigenvalue weighted by Crippen LogP contribution is 2.24. The molecule has 0 spiro atoms. The van der Waals surface area contributed by atoms with Crippen LogP contribution in [-0.4, -0.2) is 32.6 Å². The van der Waals surface area contributed by atoms with E-state index in [1.165, 1.54) is 0 Å². The van der Waals surface area contributed by atoms with Crippen molar-refractivity contribution in [3.63, 3.8) is 0 Å². The molecule has 0 bridgehead atoms. The Labute approximate surface area is 155 Å². The molecule has 132 valence electrons. The molecule has 0 aliphatic rings. The fourth-order valence-electron chi connectivity index (χ4n) is 3.10. The Morgan fingerprint density at radius 3 is 2.35 bits per heavy atom. The lowest BCUT2D eigenvalue weighted by Crippen LogP contribution is -2.09. The second-order valence-corrected chi connectivity index (χ2v) is 7.11. The predicted octanol–water partition coefficient (Wildman–Crippen LogP) is 4.23. The number of nitrogens with zero attached hydrogens (tertiary/aromatic N) is 2. The van der Waals surface area contributed by atoms with Crippen molar-refractivity contribution in [2.45, 2.75) is 25.9 Å². The Morgan fingerprint density at radius 1 is 1.04 bits per heavy atom. The number of hydrogen-bond acceptors (Lipinski definition) is 5. The number of fused-ring (bicyclic) bond motifs is 1. The van der Waals surface area contributed by atoms with Crippen molar-refractivity contribution in [2.24, 2.45) is 0 Å². The average molecular weight is 366 g/mol. The largest absolute Gasteiger partial charge is 0.476 e. The zero-order valence-corrected chi connectivity index (χ0v) is 15.6. The predicted molar refractivity (Wildman–Crippen MR) is 102 cm³/mol. The lowest BCUT2D eigenvalue weighted by molar-refractivity contribution is 0.0691. The van der Waals surface area contributed by atoms with Gasteiger partial charge in [0.1, 0.15) is 0 Å². The van der Waals surface area contributed by atoms with Crippen LogP contribution in [0.5, 0.6) is 0 Å². The second-order valence-electron chi connectivity index (χ2n) is 6.16. The number of carbonyl (C=O) groups excluding carboxylic acids is 1. The summed E-state index contributed by atoms with van der Waals surface area (Å²) >= 11 is 1.16. The van der Waals surface area contributed by atoms with Crippen molar-refractivity contribution in [3.8, 4) is 0 Å². The maximum absolute atomic E-state index is 12.7. The number of aromatic nitrogens is 2. The van der Waals surface area contributed by atoms with E-state index in [0.29, 0.717) is 16.5 Å². The van der Waals surface area contributed by atoms with Crippen molar-refractivity contribution in [1.29, 1.82) is 0 Å². The first-order chi connectivity index (χ1) is 12.4. The van der Waals surface area contributed by atoms with Crippen molar-refractivity contribution in [3.05, 3.63) is 64.3 Å². The van der Waals surface area contributed by atoms with Crippen LogP contribution >= 0.6 is 11.8 Å². The molecule has 1 aromatic heterocycles. The summed E-state index contributed by atoms with van der Waals surface area (Å²) in [6.45, 7) is 5.85. The molecule has 3 aromatic rings. The van der Waals surface area contributed by atoms with Crippen molar-refractivity contribution >= 4 is 34.4 Å². The Morgan fingerprint density at radius 2 is 1.69 bits per heavy atom. The minimum atomic E-state index is -1.11. The number of aryl methyl sites for hydroxylation is 3. The first-order valence-electron chi connectivity index (χ1n) is 8.10. The summed E-state index contributed by atoms with van der Waals surface area (Å²) in [7, 11) is 0. The number of carboxylic acid groups (broad SMARTS) is 1. The van der Waals surface area contributed by atoms with E-state index < -0.39 is 5.97 Å². The number of Topliss-reactive ketones (excluding diaryl/α,β-unsaturated/α-hetero) is 1. The number of aromatic carboxylic acids is 1. The van der Waals surface area contributed by atoms with Crippen LogP contribution in [0, 0.1) is 20.8 Å². The highest BCUT2D eigenvalue weighted by molar-refractivity contribution is 7.99. The molecule has 0 aliphatic heterocycles. The van der Waals surface area contributed by atoms with E-state index in [4.69, 9.17) is 0 Å². The van der Waals surface area contributed by atoms with Crippen LogP contribution in [0.2, 0.25) is 0 Å². The van der Waals surface area contributed by atoms with Crippen molar-refractivity contribution in [2.75, 3.05) is 5.75 Å². The Balaban J connectivity index is 1.88. The lowest BCUT2D eigenvalue weighted by atomic mass is 9.97. The highest BCUT2D eigenvalue weighted by Gasteiger charge is 2.17. The van der Waals surface area contributed by atoms with Crippen LogP contribution in [0.1, 0.15) is 37.5 Å². The minimum Gasteiger partial charge on any atom is -0.476 e. The van der Waals surface area contributed by atoms with Gasteiger partial charge in [-0.05, 0) is 38.0 Å². The van der Waals surface area contributed by atoms with Crippen LogP contribution in [0.25, 0.3) is 10.9 Å². The summed E-state index contributed by atoms with van der Waals surface area (Å²) in [5, 5.41) is 10.2. The van der Waals surface area contributed by atoms with Crippen LogP contribution in [0.4, 0.5) is 0 Å². The summed E-state index contributed by atoms with van der Waals surface area (Å²) in [4.78, 5) is 32.6.